The summed E-state index contributed by atoms with van der Waals surface area (Å²) in [5, 5.41) is 12.7. The lowest BCUT2D eigenvalue weighted by atomic mass is 10.1. The Morgan fingerprint density at radius 3 is 2.74 bits per heavy atom. The summed E-state index contributed by atoms with van der Waals surface area (Å²) in [5.41, 5.74) is 0.405. The van der Waals surface area contributed by atoms with Crippen LogP contribution in [0.1, 0.15) is 24.4 Å². The van der Waals surface area contributed by atoms with E-state index in [4.69, 9.17) is 0 Å². The zero-order chi connectivity index (χ0) is 13.8. The number of benzene rings is 1. The van der Waals surface area contributed by atoms with Crippen molar-refractivity contribution in [2.45, 2.75) is 26.8 Å². The quantitative estimate of drug-likeness (QED) is 0.910. The average molecular weight is 283 g/mol. The van der Waals surface area contributed by atoms with Crippen molar-refractivity contribution in [1.82, 2.24) is 10.2 Å². The molecule has 0 fully saturated rings. The summed E-state index contributed by atoms with van der Waals surface area (Å²) in [6, 6.07) is 3.54. The van der Waals surface area contributed by atoms with Crippen molar-refractivity contribution >= 4 is 16.5 Å². The van der Waals surface area contributed by atoms with Crippen LogP contribution >= 0.6 is 11.3 Å². The Hall–Kier alpha value is -1.56. The third kappa shape index (κ3) is 3.96. The first-order valence-electron chi connectivity index (χ1n) is 6.05. The smallest absolute Gasteiger partial charge is 0.205 e. The molecule has 0 bridgehead atoms. The summed E-state index contributed by atoms with van der Waals surface area (Å²) in [6.45, 7) is 4.49. The van der Waals surface area contributed by atoms with Gasteiger partial charge in [-0.2, -0.15) is 0 Å². The predicted molar refractivity (Wildman–Crippen MR) is 72.1 cm³/mol. The van der Waals surface area contributed by atoms with Crippen molar-refractivity contribution in [3.05, 3.63) is 40.4 Å². The van der Waals surface area contributed by atoms with Crippen LogP contribution in [0.2, 0.25) is 0 Å². The maximum absolute atomic E-state index is 13.4. The molecule has 6 heteroatoms. The normalized spacial score (nSPS) is 11.0. The molecule has 0 atom stereocenters. The molecule has 1 aromatic carbocycles. The number of hydrogen-bond acceptors (Lipinski definition) is 4. The van der Waals surface area contributed by atoms with Gasteiger partial charge in [0.2, 0.25) is 5.13 Å². The van der Waals surface area contributed by atoms with Gasteiger partial charge in [-0.1, -0.05) is 31.3 Å². The minimum Gasteiger partial charge on any atom is -0.356 e. The van der Waals surface area contributed by atoms with Crippen LogP contribution in [0.15, 0.2) is 18.2 Å². The van der Waals surface area contributed by atoms with Crippen LogP contribution in [0.5, 0.6) is 0 Å². The number of anilines is 1. The molecule has 0 aliphatic heterocycles. The summed E-state index contributed by atoms with van der Waals surface area (Å²) >= 11 is 1.46. The Balaban J connectivity index is 1.96. The third-order valence-corrected chi connectivity index (χ3v) is 3.40. The van der Waals surface area contributed by atoms with Crippen molar-refractivity contribution in [2.75, 3.05) is 5.32 Å². The minimum atomic E-state index is -0.573. The summed E-state index contributed by atoms with van der Waals surface area (Å²) in [5.74, 6) is -0.605. The first-order valence-corrected chi connectivity index (χ1v) is 6.86. The van der Waals surface area contributed by atoms with Crippen molar-refractivity contribution in [3.63, 3.8) is 0 Å². The molecule has 0 amide bonds. The predicted octanol–water partition coefficient (Wildman–Crippen LogP) is 3.63. The van der Waals surface area contributed by atoms with Crippen LogP contribution in [0, 0.1) is 17.6 Å². The second-order valence-electron chi connectivity index (χ2n) is 4.69. The van der Waals surface area contributed by atoms with E-state index in [-0.39, 0.29) is 6.54 Å². The maximum Gasteiger partial charge on any atom is 0.205 e. The lowest BCUT2D eigenvalue weighted by Crippen LogP contribution is -2.01. The topological polar surface area (TPSA) is 37.8 Å². The molecule has 0 spiro atoms. The number of rotatable bonds is 5. The van der Waals surface area contributed by atoms with E-state index in [0.717, 1.165) is 17.5 Å². The summed E-state index contributed by atoms with van der Waals surface area (Å²) < 4.78 is 26.2. The van der Waals surface area contributed by atoms with Gasteiger partial charge in [-0.3, -0.25) is 0 Å². The molecule has 2 aromatic rings. The molecule has 0 aliphatic carbocycles. The fourth-order valence-corrected chi connectivity index (χ4v) is 2.54. The molecule has 19 heavy (non-hydrogen) atoms. The highest BCUT2D eigenvalue weighted by molar-refractivity contribution is 7.15. The fraction of sp³-hybridized carbons (Fsp3) is 0.385. The van der Waals surface area contributed by atoms with Crippen molar-refractivity contribution in [2.24, 2.45) is 5.92 Å². The van der Waals surface area contributed by atoms with Gasteiger partial charge in [-0.15, -0.1) is 10.2 Å². The molecule has 2 rings (SSSR count). The van der Waals surface area contributed by atoms with Gasteiger partial charge in [0.15, 0.2) is 0 Å². The first kappa shape index (κ1) is 13.9. The third-order valence-electron chi connectivity index (χ3n) is 2.49. The maximum atomic E-state index is 13.4. The van der Waals surface area contributed by atoms with Gasteiger partial charge >= 0.3 is 0 Å². The van der Waals surface area contributed by atoms with Crippen LogP contribution in [0.4, 0.5) is 13.9 Å². The summed E-state index contributed by atoms with van der Waals surface area (Å²) in [6.07, 6.45) is 0.879. The first-order chi connectivity index (χ1) is 9.04. The second-order valence-corrected chi connectivity index (χ2v) is 5.75. The van der Waals surface area contributed by atoms with Gasteiger partial charge in [-0.25, -0.2) is 8.78 Å². The molecule has 0 saturated heterocycles. The lowest BCUT2D eigenvalue weighted by molar-refractivity contribution is 0.574. The largest absolute Gasteiger partial charge is 0.356 e. The zero-order valence-electron chi connectivity index (χ0n) is 10.8. The average Bonchev–Trinajstić information content (AvgIpc) is 2.74. The van der Waals surface area contributed by atoms with E-state index < -0.39 is 11.6 Å². The minimum absolute atomic E-state index is 0.266. The number of hydrogen-bond donors (Lipinski definition) is 1. The van der Waals surface area contributed by atoms with Gasteiger partial charge in [0.25, 0.3) is 0 Å². The van der Waals surface area contributed by atoms with Crippen LogP contribution in [-0.2, 0) is 13.0 Å². The Labute approximate surface area is 114 Å². The number of nitrogens with one attached hydrogen (secondary N) is 1. The Bertz CT molecular complexity index is 555. The molecule has 1 aromatic heterocycles. The van der Waals surface area contributed by atoms with E-state index in [1.54, 1.807) is 0 Å². The van der Waals surface area contributed by atoms with E-state index in [1.807, 2.05) is 0 Å². The van der Waals surface area contributed by atoms with Crippen LogP contribution in [-0.4, -0.2) is 10.2 Å². The van der Waals surface area contributed by atoms with Gasteiger partial charge < -0.3 is 5.32 Å². The fourth-order valence-electron chi connectivity index (χ4n) is 1.59. The molecule has 1 heterocycles. The Morgan fingerprint density at radius 2 is 2.05 bits per heavy atom. The molecule has 0 aliphatic rings. The van der Waals surface area contributed by atoms with Gasteiger partial charge in [0, 0.05) is 24.6 Å². The number of nitrogens with zero attached hydrogens (tertiary/aromatic N) is 2. The molecule has 0 saturated carbocycles. The number of halogens is 2. The van der Waals surface area contributed by atoms with Crippen molar-refractivity contribution in [1.29, 1.82) is 0 Å². The van der Waals surface area contributed by atoms with E-state index in [1.165, 1.54) is 23.5 Å². The van der Waals surface area contributed by atoms with Gasteiger partial charge in [0.05, 0.1) is 0 Å². The second kappa shape index (κ2) is 6.06. The highest BCUT2D eigenvalue weighted by Gasteiger charge is 2.08. The molecule has 3 nitrogen and oxygen atoms in total. The van der Waals surface area contributed by atoms with E-state index in [9.17, 15) is 8.78 Å². The standard InChI is InChI=1S/C13H15F2N3S/c1-8(2)5-12-17-18-13(19-12)16-7-9-3-4-10(14)6-11(9)15/h3-4,6,8H,5,7H2,1-2H3,(H,16,18). The molecule has 1 N–H and O–H groups in total. The van der Waals surface area contributed by atoms with Gasteiger partial charge in [0.1, 0.15) is 16.6 Å². The summed E-state index contributed by atoms with van der Waals surface area (Å²) in [7, 11) is 0. The lowest BCUT2D eigenvalue weighted by Gasteiger charge is -2.03. The molecular formula is C13H15F2N3S. The summed E-state index contributed by atoms with van der Waals surface area (Å²) in [4.78, 5) is 0. The van der Waals surface area contributed by atoms with E-state index in [0.29, 0.717) is 16.6 Å². The van der Waals surface area contributed by atoms with Crippen LogP contribution < -0.4 is 5.32 Å². The molecule has 0 unspecified atom stereocenters. The molecular weight excluding hydrogens is 268 g/mol. The Morgan fingerprint density at radius 1 is 1.26 bits per heavy atom. The number of aromatic nitrogens is 2. The van der Waals surface area contributed by atoms with E-state index >= 15 is 0 Å². The zero-order valence-corrected chi connectivity index (χ0v) is 11.6. The van der Waals surface area contributed by atoms with E-state index in [2.05, 4.69) is 29.4 Å². The highest BCUT2D eigenvalue weighted by Crippen LogP contribution is 2.19. The monoisotopic (exact) mass is 283 g/mol. The van der Waals surface area contributed by atoms with Crippen molar-refractivity contribution < 1.29 is 8.78 Å². The highest BCUT2D eigenvalue weighted by atomic mass is 32.1. The molecule has 102 valence electrons. The van der Waals surface area contributed by atoms with Gasteiger partial charge in [-0.05, 0) is 12.0 Å². The van der Waals surface area contributed by atoms with Crippen LogP contribution in [0.3, 0.4) is 0 Å². The Kier molecular flexibility index (Phi) is 4.42. The SMILES string of the molecule is CC(C)Cc1nnc(NCc2ccc(F)cc2F)s1. The van der Waals surface area contributed by atoms with Crippen molar-refractivity contribution in [3.8, 4) is 0 Å². The van der Waals surface area contributed by atoms with Crippen LogP contribution in [0.25, 0.3) is 0 Å². The molecule has 0 radical (unpaired) electrons.